The Bertz CT molecular complexity index is 760. The summed E-state index contributed by atoms with van der Waals surface area (Å²) in [6.45, 7) is 3.80. The van der Waals surface area contributed by atoms with Crippen LogP contribution in [0.2, 0.25) is 0 Å². The highest BCUT2D eigenvalue weighted by Crippen LogP contribution is 2.56. The van der Waals surface area contributed by atoms with Gasteiger partial charge in [-0.15, -0.1) is 6.58 Å². The normalized spacial score (nSPS) is 30.4. The number of benzene rings is 1. The molecule has 2 atom stereocenters. The fraction of sp³-hybridized carbons (Fsp3) is 0.583. The summed E-state index contributed by atoms with van der Waals surface area (Å²) in [7, 11) is 0. The third kappa shape index (κ3) is 3.85. The van der Waals surface area contributed by atoms with Crippen molar-refractivity contribution in [1.29, 1.82) is 5.26 Å². The van der Waals surface area contributed by atoms with Crippen molar-refractivity contribution >= 4 is 5.97 Å². The van der Waals surface area contributed by atoms with E-state index in [0.717, 1.165) is 63.4 Å². The Kier molecular flexibility index (Phi) is 6.54. The van der Waals surface area contributed by atoms with E-state index in [2.05, 4.69) is 6.58 Å². The van der Waals surface area contributed by atoms with Gasteiger partial charge in [0, 0.05) is 5.92 Å². The average molecular weight is 384 g/mol. The molecule has 0 radical (unpaired) electrons. The summed E-state index contributed by atoms with van der Waals surface area (Å²) < 4.78 is 14.3. The zero-order chi connectivity index (χ0) is 20.1. The van der Waals surface area contributed by atoms with E-state index in [1.54, 1.807) is 6.07 Å². The van der Waals surface area contributed by atoms with Crippen LogP contribution in [0.1, 0.15) is 81.3 Å². The summed E-state index contributed by atoms with van der Waals surface area (Å²) in [5.41, 5.74) is -0.0574. The van der Waals surface area contributed by atoms with Gasteiger partial charge in [-0.05, 0) is 68.1 Å². The highest BCUT2D eigenvalue weighted by molar-refractivity contribution is 5.77. The van der Waals surface area contributed by atoms with Crippen molar-refractivity contribution in [3.05, 3.63) is 47.8 Å². The molecule has 1 unspecified atom stereocenters. The van der Waals surface area contributed by atoms with Gasteiger partial charge in [0.25, 0.3) is 0 Å². The number of hydrogen-bond donors (Lipinski definition) is 1. The van der Waals surface area contributed by atoms with Crippen LogP contribution in [0.15, 0.2) is 30.9 Å². The molecular weight excluding hydrogens is 353 g/mol. The standard InChI is InChI=1S/C24H30FNO2/c1-2-3-6-17-8-12-20(13-9-17)24(23(27)28)14-5-4-7-21(24)18-10-11-19(16-26)22(25)15-18/h2,10-11,15,17,20-21H,1,3-9,12-14H2,(H,27,28)/t17?,20?,21?,24-/m1/s1. The zero-order valence-corrected chi connectivity index (χ0v) is 16.5. The van der Waals surface area contributed by atoms with Crippen LogP contribution < -0.4 is 0 Å². The van der Waals surface area contributed by atoms with Crippen molar-refractivity contribution in [2.45, 2.75) is 70.1 Å². The molecule has 0 spiro atoms. The Labute approximate surface area is 167 Å². The number of aliphatic carboxylic acids is 1. The van der Waals surface area contributed by atoms with Gasteiger partial charge in [-0.25, -0.2) is 4.39 Å². The molecule has 3 nitrogen and oxygen atoms in total. The molecule has 3 rings (SSSR count). The maximum absolute atomic E-state index is 14.3. The molecule has 0 bridgehead atoms. The number of rotatable bonds is 6. The van der Waals surface area contributed by atoms with E-state index in [0.29, 0.717) is 12.3 Å². The highest BCUT2D eigenvalue weighted by atomic mass is 19.1. The summed E-state index contributed by atoms with van der Waals surface area (Å²) in [4.78, 5) is 12.7. The quantitative estimate of drug-likeness (QED) is 0.595. The van der Waals surface area contributed by atoms with Gasteiger partial charge in [-0.3, -0.25) is 4.79 Å². The number of carboxylic acids is 1. The van der Waals surface area contributed by atoms with Gasteiger partial charge in [0.2, 0.25) is 0 Å². The Balaban J connectivity index is 1.89. The fourth-order valence-electron chi connectivity index (χ4n) is 5.74. The third-order valence-corrected chi connectivity index (χ3v) is 7.22. The Morgan fingerprint density at radius 2 is 2.04 bits per heavy atom. The molecule has 0 heterocycles. The summed E-state index contributed by atoms with van der Waals surface area (Å²) in [5, 5.41) is 19.4. The topological polar surface area (TPSA) is 61.1 Å². The molecule has 1 aromatic carbocycles. The molecule has 2 aliphatic rings. The molecule has 2 fully saturated rings. The molecule has 4 heteroatoms. The number of halogens is 1. The highest BCUT2D eigenvalue weighted by Gasteiger charge is 2.53. The molecule has 2 aliphatic carbocycles. The van der Waals surface area contributed by atoms with Crippen molar-refractivity contribution in [3.8, 4) is 6.07 Å². The SMILES string of the molecule is C=CCCC1CCC([C@]2(C(=O)O)CCCCC2c2ccc(C#N)c(F)c2)CC1. The van der Waals surface area contributed by atoms with Crippen molar-refractivity contribution in [2.75, 3.05) is 0 Å². The summed E-state index contributed by atoms with van der Waals surface area (Å²) >= 11 is 0. The first kappa shape index (κ1) is 20.6. The van der Waals surface area contributed by atoms with Gasteiger partial charge in [0.1, 0.15) is 11.9 Å². The van der Waals surface area contributed by atoms with Crippen molar-refractivity contribution < 1.29 is 14.3 Å². The van der Waals surface area contributed by atoms with Crippen LogP contribution in [0, 0.1) is 34.4 Å². The maximum Gasteiger partial charge on any atom is 0.310 e. The second-order valence-corrected chi connectivity index (χ2v) is 8.58. The first-order valence-electron chi connectivity index (χ1n) is 10.6. The first-order chi connectivity index (χ1) is 13.5. The van der Waals surface area contributed by atoms with Crippen molar-refractivity contribution in [3.63, 3.8) is 0 Å². The van der Waals surface area contributed by atoms with Crippen LogP contribution >= 0.6 is 0 Å². The second-order valence-electron chi connectivity index (χ2n) is 8.58. The fourth-order valence-corrected chi connectivity index (χ4v) is 5.74. The van der Waals surface area contributed by atoms with Gasteiger partial charge in [-0.1, -0.05) is 37.8 Å². The minimum absolute atomic E-state index is 0.0169. The lowest BCUT2D eigenvalue weighted by Crippen LogP contribution is -2.47. The molecule has 28 heavy (non-hydrogen) atoms. The van der Waals surface area contributed by atoms with E-state index in [-0.39, 0.29) is 17.4 Å². The molecule has 0 aromatic heterocycles. The number of nitriles is 1. The van der Waals surface area contributed by atoms with E-state index < -0.39 is 17.2 Å². The van der Waals surface area contributed by atoms with Gasteiger partial charge in [-0.2, -0.15) is 5.26 Å². The van der Waals surface area contributed by atoms with Crippen LogP contribution in [0.3, 0.4) is 0 Å². The van der Waals surface area contributed by atoms with E-state index in [1.807, 2.05) is 12.1 Å². The van der Waals surface area contributed by atoms with E-state index in [1.165, 1.54) is 12.1 Å². The lowest BCUT2D eigenvalue weighted by Gasteiger charge is -2.48. The summed E-state index contributed by atoms with van der Waals surface area (Å²) in [5.74, 6) is -0.659. The Hall–Kier alpha value is -2.15. The Morgan fingerprint density at radius 3 is 2.64 bits per heavy atom. The smallest absolute Gasteiger partial charge is 0.310 e. The van der Waals surface area contributed by atoms with Gasteiger partial charge < -0.3 is 5.11 Å². The molecule has 150 valence electrons. The van der Waals surface area contributed by atoms with Crippen molar-refractivity contribution in [1.82, 2.24) is 0 Å². The molecular formula is C24H30FNO2. The van der Waals surface area contributed by atoms with E-state index >= 15 is 0 Å². The number of allylic oxidation sites excluding steroid dienone is 1. The van der Waals surface area contributed by atoms with E-state index in [4.69, 9.17) is 5.26 Å². The van der Waals surface area contributed by atoms with Crippen molar-refractivity contribution in [2.24, 2.45) is 17.3 Å². The number of carboxylic acid groups (broad SMARTS) is 1. The molecule has 0 amide bonds. The Morgan fingerprint density at radius 1 is 1.29 bits per heavy atom. The zero-order valence-electron chi connectivity index (χ0n) is 16.5. The first-order valence-corrected chi connectivity index (χ1v) is 10.6. The summed E-state index contributed by atoms with van der Waals surface area (Å²) in [6, 6.07) is 6.53. The number of carbonyl (C=O) groups is 1. The third-order valence-electron chi connectivity index (χ3n) is 7.22. The average Bonchev–Trinajstić information content (AvgIpc) is 2.72. The maximum atomic E-state index is 14.3. The predicted molar refractivity (Wildman–Crippen MR) is 107 cm³/mol. The van der Waals surface area contributed by atoms with Gasteiger partial charge in [0.05, 0.1) is 11.0 Å². The lowest BCUT2D eigenvalue weighted by molar-refractivity contribution is -0.159. The van der Waals surface area contributed by atoms with Crippen LogP contribution in [-0.4, -0.2) is 11.1 Å². The monoisotopic (exact) mass is 383 g/mol. The molecule has 1 aromatic rings. The molecule has 2 saturated carbocycles. The van der Waals surface area contributed by atoms with E-state index in [9.17, 15) is 14.3 Å². The van der Waals surface area contributed by atoms with Gasteiger partial charge in [0.15, 0.2) is 0 Å². The molecule has 1 N–H and O–H groups in total. The minimum Gasteiger partial charge on any atom is -0.481 e. The number of nitrogens with zero attached hydrogens (tertiary/aromatic N) is 1. The predicted octanol–water partition coefficient (Wildman–Crippen LogP) is 6.20. The lowest BCUT2D eigenvalue weighted by atomic mass is 9.54. The number of hydrogen-bond acceptors (Lipinski definition) is 2. The largest absolute Gasteiger partial charge is 0.481 e. The molecule has 0 saturated heterocycles. The van der Waals surface area contributed by atoms with Crippen LogP contribution in [0.25, 0.3) is 0 Å². The van der Waals surface area contributed by atoms with Crippen LogP contribution in [0.5, 0.6) is 0 Å². The minimum atomic E-state index is -0.817. The second kappa shape index (κ2) is 8.90. The summed E-state index contributed by atoms with van der Waals surface area (Å²) in [6.07, 6.45) is 11.4. The van der Waals surface area contributed by atoms with Gasteiger partial charge >= 0.3 is 5.97 Å². The van der Waals surface area contributed by atoms with Crippen LogP contribution in [-0.2, 0) is 4.79 Å². The van der Waals surface area contributed by atoms with Crippen LogP contribution in [0.4, 0.5) is 4.39 Å². The molecule has 0 aliphatic heterocycles.